The second kappa shape index (κ2) is 8.73. The highest BCUT2D eigenvalue weighted by Crippen LogP contribution is 2.03. The molecular weight excluding hydrogens is 288 g/mol. The molecule has 2 aromatic rings. The molecule has 0 fully saturated rings. The Balaban J connectivity index is 1.79. The summed E-state index contributed by atoms with van der Waals surface area (Å²) >= 11 is 0. The Morgan fingerprint density at radius 2 is 1.39 bits per heavy atom. The van der Waals surface area contributed by atoms with Crippen molar-refractivity contribution in [2.75, 3.05) is 6.54 Å². The summed E-state index contributed by atoms with van der Waals surface area (Å²) in [6, 6.07) is 18.3. The third-order valence-electron chi connectivity index (χ3n) is 3.68. The van der Waals surface area contributed by atoms with Gasteiger partial charge in [0.1, 0.15) is 0 Å². The fourth-order valence-electron chi connectivity index (χ4n) is 2.29. The highest BCUT2D eigenvalue weighted by Gasteiger charge is 2.12. The molecule has 0 saturated carbocycles. The Hall–Kier alpha value is -2.62. The van der Waals surface area contributed by atoms with E-state index in [-0.39, 0.29) is 17.9 Å². The van der Waals surface area contributed by atoms with Crippen LogP contribution in [0.1, 0.15) is 40.5 Å². The molecule has 1 atom stereocenters. The molecule has 0 radical (unpaired) electrons. The number of hydrogen-bond donors (Lipinski definition) is 2. The summed E-state index contributed by atoms with van der Waals surface area (Å²) in [6.45, 7) is 2.55. The molecule has 0 heterocycles. The van der Waals surface area contributed by atoms with E-state index in [2.05, 4.69) is 10.6 Å². The number of carbonyl (C=O) groups excluding carboxylic acids is 2. The van der Waals surface area contributed by atoms with Crippen molar-refractivity contribution in [3.8, 4) is 0 Å². The second-order valence-electron chi connectivity index (χ2n) is 5.36. The van der Waals surface area contributed by atoms with Gasteiger partial charge in [0.15, 0.2) is 0 Å². The largest absolute Gasteiger partial charge is 0.352 e. The molecule has 0 spiro atoms. The fraction of sp³-hybridized carbons (Fsp3) is 0.263. The van der Waals surface area contributed by atoms with Gasteiger partial charge in [-0.3, -0.25) is 9.59 Å². The van der Waals surface area contributed by atoms with Crippen molar-refractivity contribution in [1.29, 1.82) is 0 Å². The van der Waals surface area contributed by atoms with Crippen LogP contribution < -0.4 is 10.6 Å². The molecule has 0 saturated heterocycles. The van der Waals surface area contributed by atoms with Gasteiger partial charge in [-0.2, -0.15) is 0 Å². The molecule has 0 aliphatic rings. The van der Waals surface area contributed by atoms with Crippen molar-refractivity contribution in [3.05, 3.63) is 71.8 Å². The summed E-state index contributed by atoms with van der Waals surface area (Å²) in [5.41, 5.74) is 1.30. The Morgan fingerprint density at radius 3 is 1.91 bits per heavy atom. The normalized spacial score (nSPS) is 11.5. The van der Waals surface area contributed by atoms with Crippen LogP contribution in [0, 0.1) is 0 Å². The summed E-state index contributed by atoms with van der Waals surface area (Å²) in [5, 5.41) is 5.89. The Morgan fingerprint density at radius 1 is 0.870 bits per heavy atom. The molecule has 2 aromatic carbocycles. The average Bonchev–Trinajstić information content (AvgIpc) is 2.62. The van der Waals surface area contributed by atoms with Crippen LogP contribution >= 0.6 is 0 Å². The molecule has 120 valence electrons. The quantitative estimate of drug-likeness (QED) is 0.826. The first-order valence-corrected chi connectivity index (χ1v) is 7.90. The minimum Gasteiger partial charge on any atom is -0.352 e. The van der Waals surface area contributed by atoms with Crippen LogP contribution in [0.4, 0.5) is 0 Å². The van der Waals surface area contributed by atoms with E-state index in [9.17, 15) is 9.59 Å². The van der Waals surface area contributed by atoms with E-state index < -0.39 is 0 Å². The molecule has 0 aliphatic heterocycles. The third kappa shape index (κ3) is 5.25. The molecule has 2 amide bonds. The van der Waals surface area contributed by atoms with Crippen LogP contribution in [-0.2, 0) is 0 Å². The molecule has 2 N–H and O–H groups in total. The first kappa shape index (κ1) is 16.7. The van der Waals surface area contributed by atoms with E-state index >= 15 is 0 Å². The highest BCUT2D eigenvalue weighted by atomic mass is 16.2. The van der Waals surface area contributed by atoms with Crippen LogP contribution in [0.15, 0.2) is 60.7 Å². The average molecular weight is 310 g/mol. The Bertz CT molecular complexity index is 626. The van der Waals surface area contributed by atoms with Crippen LogP contribution in [0.25, 0.3) is 0 Å². The van der Waals surface area contributed by atoms with Gasteiger partial charge < -0.3 is 10.6 Å². The summed E-state index contributed by atoms with van der Waals surface area (Å²) < 4.78 is 0. The first-order chi connectivity index (χ1) is 11.2. The van der Waals surface area contributed by atoms with Gasteiger partial charge in [-0.25, -0.2) is 0 Å². The maximum atomic E-state index is 12.1. The molecule has 0 aliphatic carbocycles. The van der Waals surface area contributed by atoms with Crippen molar-refractivity contribution < 1.29 is 9.59 Å². The van der Waals surface area contributed by atoms with Gasteiger partial charge in [0.2, 0.25) is 0 Å². The number of nitrogens with one attached hydrogen (secondary N) is 2. The topological polar surface area (TPSA) is 58.2 Å². The number of amides is 2. The minimum atomic E-state index is -0.0881. The van der Waals surface area contributed by atoms with E-state index in [0.29, 0.717) is 24.1 Å². The maximum Gasteiger partial charge on any atom is 0.251 e. The van der Waals surface area contributed by atoms with Crippen molar-refractivity contribution in [2.45, 2.75) is 25.8 Å². The maximum absolute atomic E-state index is 12.1. The Kier molecular flexibility index (Phi) is 6.36. The standard InChI is InChI=1S/C19H22N2O2/c1-2-17(21-19(23)16-11-7-4-8-12-16)13-14-20-18(22)15-9-5-3-6-10-15/h3-12,17H,2,13-14H2,1H3,(H,20,22)(H,21,23)/t17-/m1/s1. The van der Waals surface area contributed by atoms with Crippen LogP contribution in [0.2, 0.25) is 0 Å². The number of hydrogen-bond acceptors (Lipinski definition) is 2. The zero-order valence-electron chi connectivity index (χ0n) is 13.3. The van der Waals surface area contributed by atoms with Crippen molar-refractivity contribution >= 4 is 11.8 Å². The first-order valence-electron chi connectivity index (χ1n) is 7.90. The molecule has 23 heavy (non-hydrogen) atoms. The minimum absolute atomic E-state index is 0.0405. The number of rotatable bonds is 7. The van der Waals surface area contributed by atoms with Crippen molar-refractivity contribution in [2.24, 2.45) is 0 Å². The lowest BCUT2D eigenvalue weighted by Crippen LogP contribution is -2.37. The van der Waals surface area contributed by atoms with E-state index in [1.807, 2.05) is 43.3 Å². The SMILES string of the molecule is CC[C@H](CCNC(=O)c1ccccc1)NC(=O)c1ccccc1. The zero-order valence-corrected chi connectivity index (χ0v) is 13.3. The molecular formula is C19H22N2O2. The monoisotopic (exact) mass is 310 g/mol. The predicted octanol–water partition coefficient (Wildman–Crippen LogP) is 3.02. The summed E-state index contributed by atoms with van der Waals surface area (Å²) in [5.74, 6) is -0.165. The van der Waals surface area contributed by atoms with Gasteiger partial charge in [-0.15, -0.1) is 0 Å². The number of benzene rings is 2. The van der Waals surface area contributed by atoms with Crippen LogP contribution in [-0.4, -0.2) is 24.4 Å². The molecule has 4 heteroatoms. The summed E-state index contributed by atoms with van der Waals surface area (Å²) in [4.78, 5) is 24.1. The molecule has 0 bridgehead atoms. The highest BCUT2D eigenvalue weighted by molar-refractivity contribution is 5.94. The van der Waals surface area contributed by atoms with Gasteiger partial charge >= 0.3 is 0 Å². The van der Waals surface area contributed by atoms with Gasteiger partial charge in [0.05, 0.1) is 0 Å². The van der Waals surface area contributed by atoms with Crippen LogP contribution in [0.3, 0.4) is 0 Å². The van der Waals surface area contributed by atoms with Crippen molar-refractivity contribution in [3.63, 3.8) is 0 Å². The molecule has 0 aromatic heterocycles. The fourth-order valence-corrected chi connectivity index (χ4v) is 2.29. The van der Waals surface area contributed by atoms with Gasteiger partial charge in [-0.1, -0.05) is 43.3 Å². The molecule has 4 nitrogen and oxygen atoms in total. The molecule has 0 unspecified atom stereocenters. The van der Waals surface area contributed by atoms with E-state index in [0.717, 1.165) is 6.42 Å². The molecule has 2 rings (SSSR count). The van der Waals surface area contributed by atoms with E-state index in [1.54, 1.807) is 24.3 Å². The lowest BCUT2D eigenvalue weighted by Gasteiger charge is -2.17. The Labute approximate surface area is 136 Å². The lowest BCUT2D eigenvalue weighted by molar-refractivity contribution is 0.0932. The van der Waals surface area contributed by atoms with Gasteiger partial charge in [-0.05, 0) is 37.1 Å². The van der Waals surface area contributed by atoms with Gasteiger partial charge in [0.25, 0.3) is 11.8 Å². The van der Waals surface area contributed by atoms with Gasteiger partial charge in [0, 0.05) is 23.7 Å². The van der Waals surface area contributed by atoms with E-state index in [4.69, 9.17) is 0 Å². The zero-order chi connectivity index (χ0) is 16.5. The number of carbonyl (C=O) groups is 2. The van der Waals surface area contributed by atoms with E-state index in [1.165, 1.54) is 0 Å². The lowest BCUT2D eigenvalue weighted by atomic mass is 10.1. The summed E-state index contributed by atoms with van der Waals surface area (Å²) in [6.07, 6.45) is 1.52. The smallest absolute Gasteiger partial charge is 0.251 e. The second-order valence-corrected chi connectivity index (χ2v) is 5.36. The van der Waals surface area contributed by atoms with Crippen molar-refractivity contribution in [1.82, 2.24) is 10.6 Å². The third-order valence-corrected chi connectivity index (χ3v) is 3.68. The van der Waals surface area contributed by atoms with Crippen LogP contribution in [0.5, 0.6) is 0 Å². The summed E-state index contributed by atoms with van der Waals surface area (Å²) in [7, 11) is 0. The predicted molar refractivity (Wildman–Crippen MR) is 91.4 cm³/mol.